The predicted molar refractivity (Wildman–Crippen MR) is 87.1 cm³/mol. The molecule has 6 heteroatoms. The first-order valence-corrected chi connectivity index (χ1v) is 7.69. The lowest BCUT2D eigenvalue weighted by Gasteiger charge is -2.13. The van der Waals surface area contributed by atoms with Gasteiger partial charge in [-0.15, -0.1) is 0 Å². The van der Waals surface area contributed by atoms with Gasteiger partial charge in [-0.1, -0.05) is 23.7 Å². The predicted octanol–water partition coefficient (Wildman–Crippen LogP) is 5.62. The summed E-state index contributed by atoms with van der Waals surface area (Å²) in [4.78, 5) is 0. The van der Waals surface area contributed by atoms with Crippen molar-refractivity contribution in [2.75, 3.05) is 12.4 Å². The van der Waals surface area contributed by atoms with E-state index < -0.39 is 5.82 Å². The number of benzene rings is 2. The van der Waals surface area contributed by atoms with E-state index in [1.165, 1.54) is 6.07 Å². The van der Waals surface area contributed by atoms with Crippen LogP contribution in [0.15, 0.2) is 39.3 Å². The first-order chi connectivity index (χ1) is 9.52. The summed E-state index contributed by atoms with van der Waals surface area (Å²) in [6, 6.07) is 8.48. The van der Waals surface area contributed by atoms with Gasteiger partial charge in [-0.3, -0.25) is 0 Å². The van der Waals surface area contributed by atoms with Crippen LogP contribution in [0.5, 0.6) is 5.75 Å². The maximum absolute atomic E-state index is 13.4. The molecule has 2 aromatic rings. The fourth-order valence-electron chi connectivity index (χ4n) is 1.70. The van der Waals surface area contributed by atoms with Gasteiger partial charge in [0.1, 0.15) is 11.6 Å². The van der Waals surface area contributed by atoms with E-state index >= 15 is 0 Å². The Kier molecular flexibility index (Phi) is 5.29. The molecular weight excluding hydrogens is 412 g/mol. The zero-order valence-electron chi connectivity index (χ0n) is 10.5. The smallest absolute Gasteiger partial charge is 0.142 e. The summed E-state index contributed by atoms with van der Waals surface area (Å²) < 4.78 is 20.3. The Balaban J connectivity index is 2.21. The summed E-state index contributed by atoms with van der Waals surface area (Å²) in [5.74, 6) is 0.291. The highest BCUT2D eigenvalue weighted by Crippen LogP contribution is 2.35. The fourth-order valence-corrected chi connectivity index (χ4v) is 3.19. The lowest BCUT2D eigenvalue weighted by atomic mass is 10.2. The van der Waals surface area contributed by atoms with E-state index in [9.17, 15) is 4.39 Å². The van der Waals surface area contributed by atoms with Crippen molar-refractivity contribution in [2.45, 2.75) is 6.54 Å². The Bertz CT molecular complexity index is 637. The van der Waals surface area contributed by atoms with Gasteiger partial charge < -0.3 is 10.1 Å². The van der Waals surface area contributed by atoms with Gasteiger partial charge in [-0.05, 0) is 49.6 Å². The van der Waals surface area contributed by atoms with Gasteiger partial charge in [-0.2, -0.15) is 0 Å². The Morgan fingerprint density at radius 3 is 2.70 bits per heavy atom. The van der Waals surface area contributed by atoms with Crippen molar-refractivity contribution in [3.8, 4) is 5.75 Å². The lowest BCUT2D eigenvalue weighted by Crippen LogP contribution is -2.02. The van der Waals surface area contributed by atoms with Gasteiger partial charge in [0.25, 0.3) is 0 Å². The third-order valence-electron chi connectivity index (χ3n) is 2.74. The molecule has 2 aromatic carbocycles. The highest BCUT2D eigenvalue weighted by molar-refractivity contribution is 9.11. The molecule has 0 aromatic heterocycles. The lowest BCUT2D eigenvalue weighted by molar-refractivity contribution is 0.412. The van der Waals surface area contributed by atoms with E-state index in [0.29, 0.717) is 17.9 Å². The first kappa shape index (κ1) is 15.6. The van der Waals surface area contributed by atoms with Crippen molar-refractivity contribution in [1.29, 1.82) is 0 Å². The van der Waals surface area contributed by atoms with Gasteiger partial charge in [0.15, 0.2) is 0 Å². The van der Waals surface area contributed by atoms with Crippen LogP contribution < -0.4 is 10.1 Å². The van der Waals surface area contributed by atoms with Crippen LogP contribution in [0.25, 0.3) is 0 Å². The second kappa shape index (κ2) is 6.78. The molecule has 20 heavy (non-hydrogen) atoms. The van der Waals surface area contributed by atoms with E-state index in [2.05, 4.69) is 37.2 Å². The largest absolute Gasteiger partial charge is 0.495 e. The summed E-state index contributed by atoms with van der Waals surface area (Å²) in [5, 5.41) is 3.34. The van der Waals surface area contributed by atoms with E-state index in [4.69, 9.17) is 16.3 Å². The minimum Gasteiger partial charge on any atom is -0.495 e. The van der Waals surface area contributed by atoms with Crippen LogP contribution in [-0.2, 0) is 6.54 Å². The summed E-state index contributed by atoms with van der Waals surface area (Å²) >= 11 is 12.8. The number of nitrogens with one attached hydrogen (secondary N) is 1. The molecule has 2 nitrogen and oxygen atoms in total. The topological polar surface area (TPSA) is 21.3 Å². The first-order valence-electron chi connectivity index (χ1n) is 5.72. The zero-order valence-corrected chi connectivity index (χ0v) is 14.4. The second-order valence-electron chi connectivity index (χ2n) is 4.03. The Hall–Kier alpha value is -0.780. The Labute approximate surface area is 138 Å². The molecule has 0 heterocycles. The molecule has 0 amide bonds. The van der Waals surface area contributed by atoms with Gasteiger partial charge in [0.05, 0.1) is 22.3 Å². The number of anilines is 1. The summed E-state index contributed by atoms with van der Waals surface area (Å²) in [7, 11) is 1.60. The van der Waals surface area contributed by atoms with Crippen molar-refractivity contribution in [3.63, 3.8) is 0 Å². The van der Waals surface area contributed by atoms with Crippen LogP contribution in [0.4, 0.5) is 10.1 Å². The zero-order chi connectivity index (χ0) is 14.7. The molecule has 0 aliphatic heterocycles. The number of rotatable bonds is 4. The molecule has 0 radical (unpaired) electrons. The summed E-state index contributed by atoms with van der Waals surface area (Å²) in [6.07, 6.45) is 0. The molecule has 0 atom stereocenters. The molecule has 0 saturated heterocycles. The van der Waals surface area contributed by atoms with E-state index in [0.717, 1.165) is 14.6 Å². The van der Waals surface area contributed by atoms with Gasteiger partial charge in [0.2, 0.25) is 0 Å². The summed E-state index contributed by atoms with van der Waals surface area (Å²) in [6.45, 7) is 0.417. The van der Waals surface area contributed by atoms with Gasteiger partial charge in [-0.25, -0.2) is 4.39 Å². The standard InChI is InChI=1S/C14H11Br2ClFNO/c1-20-13-6-12(9(15)5-10(13)16)19-7-8-3-2-4-11(18)14(8)17/h2-6,19H,7H2,1H3. The maximum atomic E-state index is 13.4. The van der Waals surface area contributed by atoms with E-state index in [1.54, 1.807) is 19.2 Å². The van der Waals surface area contributed by atoms with Crippen LogP contribution in [0, 0.1) is 5.82 Å². The Morgan fingerprint density at radius 2 is 2.00 bits per heavy atom. The van der Waals surface area contributed by atoms with Crippen LogP contribution in [0.1, 0.15) is 5.56 Å². The molecular formula is C14H11Br2ClFNO. The molecule has 0 unspecified atom stereocenters. The third-order valence-corrected chi connectivity index (χ3v) is 4.44. The maximum Gasteiger partial charge on any atom is 0.142 e. The van der Waals surface area contributed by atoms with Crippen molar-refractivity contribution in [3.05, 3.63) is 55.7 Å². The average molecular weight is 424 g/mol. The van der Waals surface area contributed by atoms with Crippen LogP contribution in [0.3, 0.4) is 0 Å². The molecule has 0 aliphatic carbocycles. The molecule has 0 aliphatic rings. The number of halogens is 4. The molecule has 0 spiro atoms. The van der Waals surface area contributed by atoms with Gasteiger partial charge in [0, 0.05) is 17.1 Å². The van der Waals surface area contributed by atoms with E-state index in [1.807, 2.05) is 12.1 Å². The molecule has 0 fully saturated rings. The highest BCUT2D eigenvalue weighted by atomic mass is 79.9. The van der Waals surface area contributed by atoms with E-state index in [-0.39, 0.29) is 5.02 Å². The van der Waals surface area contributed by atoms with Crippen LogP contribution >= 0.6 is 43.5 Å². The monoisotopic (exact) mass is 421 g/mol. The van der Waals surface area contributed by atoms with Crippen molar-refractivity contribution in [2.24, 2.45) is 0 Å². The molecule has 2 rings (SSSR count). The minimum atomic E-state index is -0.418. The fraction of sp³-hybridized carbons (Fsp3) is 0.143. The normalized spacial score (nSPS) is 10.4. The number of methoxy groups -OCH3 is 1. The van der Waals surface area contributed by atoms with Gasteiger partial charge >= 0.3 is 0 Å². The number of hydrogen-bond acceptors (Lipinski definition) is 2. The van der Waals surface area contributed by atoms with Crippen molar-refractivity contribution in [1.82, 2.24) is 0 Å². The number of ether oxygens (including phenoxy) is 1. The second-order valence-corrected chi connectivity index (χ2v) is 6.12. The third kappa shape index (κ3) is 3.45. The SMILES string of the molecule is COc1cc(NCc2cccc(F)c2Cl)c(Br)cc1Br. The van der Waals surface area contributed by atoms with Crippen LogP contribution in [0.2, 0.25) is 5.02 Å². The summed E-state index contributed by atoms with van der Waals surface area (Å²) in [5.41, 5.74) is 1.53. The van der Waals surface area contributed by atoms with Crippen LogP contribution in [-0.4, -0.2) is 7.11 Å². The van der Waals surface area contributed by atoms with Crippen molar-refractivity contribution < 1.29 is 9.13 Å². The highest BCUT2D eigenvalue weighted by Gasteiger charge is 2.09. The Morgan fingerprint density at radius 1 is 1.25 bits per heavy atom. The molecule has 1 N–H and O–H groups in total. The molecule has 0 saturated carbocycles. The number of hydrogen-bond donors (Lipinski definition) is 1. The molecule has 106 valence electrons. The quantitative estimate of drug-likeness (QED) is 0.689. The minimum absolute atomic E-state index is 0.139. The molecule has 0 bridgehead atoms. The average Bonchev–Trinajstić information content (AvgIpc) is 2.42. The van der Waals surface area contributed by atoms with Crippen molar-refractivity contribution >= 4 is 49.1 Å².